The number of H-pyrrole nitrogens is 1. The van der Waals surface area contributed by atoms with Crippen LogP contribution in [-0.2, 0) is 0 Å². The number of aliphatic hydroxyl groups is 1. The van der Waals surface area contributed by atoms with Crippen molar-refractivity contribution in [2.75, 3.05) is 6.54 Å². The number of hydrogen-bond acceptors (Lipinski definition) is 4. The Morgan fingerprint density at radius 3 is 3.08 bits per heavy atom. The summed E-state index contributed by atoms with van der Waals surface area (Å²) >= 11 is 0. The number of rotatable bonds is 5. The second kappa shape index (κ2) is 7.49. The van der Waals surface area contributed by atoms with Crippen molar-refractivity contribution in [2.45, 2.75) is 38.4 Å². The highest BCUT2D eigenvalue weighted by atomic mass is 16.5. The number of aromatic amines is 1. The fraction of sp³-hybridized carbons (Fsp3) is 0.444. The predicted octanol–water partition coefficient (Wildman–Crippen LogP) is 2.06. The smallest absolute Gasteiger partial charge is 0.287 e. The third-order valence-corrected chi connectivity index (χ3v) is 4.44. The highest BCUT2D eigenvalue weighted by Crippen LogP contribution is 2.28. The van der Waals surface area contributed by atoms with Crippen LogP contribution in [0.15, 0.2) is 36.7 Å². The molecule has 128 valence electrons. The van der Waals surface area contributed by atoms with E-state index in [0.717, 1.165) is 30.6 Å². The molecule has 0 radical (unpaired) electrons. The number of aryl methyl sites for hydroxylation is 1. The first-order valence-electron chi connectivity index (χ1n) is 8.32. The summed E-state index contributed by atoms with van der Waals surface area (Å²) in [4.78, 5) is 18.6. The average molecular weight is 329 g/mol. The molecule has 3 rings (SSSR count). The minimum absolute atomic E-state index is 0.0209. The van der Waals surface area contributed by atoms with E-state index in [0.29, 0.717) is 6.54 Å². The van der Waals surface area contributed by atoms with Gasteiger partial charge in [0.2, 0.25) is 0 Å². The molecule has 1 amide bonds. The third-order valence-electron chi connectivity index (χ3n) is 4.44. The quantitative estimate of drug-likeness (QED) is 0.783. The minimum Gasteiger partial charge on any atom is -0.488 e. The lowest BCUT2D eigenvalue weighted by Crippen LogP contribution is -2.46. The van der Waals surface area contributed by atoms with Crippen molar-refractivity contribution in [3.8, 4) is 5.75 Å². The van der Waals surface area contributed by atoms with Crippen molar-refractivity contribution in [3.05, 3.63) is 48.0 Å². The summed E-state index contributed by atoms with van der Waals surface area (Å²) in [6, 6.07) is 7.83. The Balaban J connectivity index is 1.56. The van der Waals surface area contributed by atoms with Gasteiger partial charge in [0.05, 0.1) is 6.10 Å². The molecule has 1 aliphatic rings. The van der Waals surface area contributed by atoms with Crippen LogP contribution < -0.4 is 10.1 Å². The maximum Gasteiger partial charge on any atom is 0.287 e. The van der Waals surface area contributed by atoms with E-state index in [-0.39, 0.29) is 23.8 Å². The topological polar surface area (TPSA) is 87.2 Å². The van der Waals surface area contributed by atoms with Gasteiger partial charge in [0.15, 0.2) is 5.82 Å². The van der Waals surface area contributed by atoms with Gasteiger partial charge in [-0.1, -0.05) is 12.1 Å². The lowest BCUT2D eigenvalue weighted by molar-refractivity contribution is -0.0301. The molecule has 3 atom stereocenters. The van der Waals surface area contributed by atoms with Gasteiger partial charge in [0.25, 0.3) is 5.91 Å². The molecule has 1 heterocycles. The molecule has 1 aliphatic carbocycles. The van der Waals surface area contributed by atoms with Crippen LogP contribution in [0.25, 0.3) is 0 Å². The van der Waals surface area contributed by atoms with Gasteiger partial charge in [-0.15, -0.1) is 0 Å². The molecule has 1 fully saturated rings. The van der Waals surface area contributed by atoms with Crippen LogP contribution in [-0.4, -0.2) is 39.7 Å². The Labute approximate surface area is 141 Å². The highest BCUT2D eigenvalue weighted by Gasteiger charge is 2.33. The van der Waals surface area contributed by atoms with Gasteiger partial charge in [-0.2, -0.15) is 0 Å². The van der Waals surface area contributed by atoms with E-state index in [2.05, 4.69) is 15.3 Å². The summed E-state index contributed by atoms with van der Waals surface area (Å²) in [6.45, 7) is 2.42. The van der Waals surface area contributed by atoms with E-state index in [1.807, 2.05) is 31.2 Å². The summed E-state index contributed by atoms with van der Waals surface area (Å²) in [6.07, 6.45) is 4.95. The van der Waals surface area contributed by atoms with Crippen LogP contribution in [0.1, 0.15) is 35.4 Å². The van der Waals surface area contributed by atoms with Crippen molar-refractivity contribution in [3.63, 3.8) is 0 Å². The molecule has 0 aliphatic heterocycles. The van der Waals surface area contributed by atoms with Gasteiger partial charge in [-0.05, 0) is 43.9 Å². The van der Waals surface area contributed by atoms with E-state index in [1.54, 1.807) is 6.20 Å². The monoisotopic (exact) mass is 329 g/mol. The summed E-state index contributed by atoms with van der Waals surface area (Å²) in [5.41, 5.74) is 1.13. The SMILES string of the molecule is Cc1cccc(O[C@@H]2CCC[C@H](CNC(=O)c3ncc[nH]3)[C@H]2O)c1. The molecule has 0 bridgehead atoms. The summed E-state index contributed by atoms with van der Waals surface area (Å²) < 4.78 is 5.98. The number of ether oxygens (including phenoxy) is 1. The van der Waals surface area contributed by atoms with Crippen LogP contribution in [0.3, 0.4) is 0 Å². The van der Waals surface area contributed by atoms with Crippen molar-refractivity contribution in [1.82, 2.24) is 15.3 Å². The van der Waals surface area contributed by atoms with Crippen molar-refractivity contribution < 1.29 is 14.6 Å². The maximum absolute atomic E-state index is 11.9. The Kier molecular flexibility index (Phi) is 5.15. The van der Waals surface area contributed by atoms with Gasteiger partial charge >= 0.3 is 0 Å². The number of carbonyl (C=O) groups is 1. The second-order valence-corrected chi connectivity index (χ2v) is 6.30. The lowest BCUT2D eigenvalue weighted by atomic mass is 9.84. The summed E-state index contributed by atoms with van der Waals surface area (Å²) in [5.74, 6) is 0.786. The average Bonchev–Trinajstić information content (AvgIpc) is 3.10. The number of benzene rings is 1. The molecule has 1 saturated carbocycles. The van der Waals surface area contributed by atoms with Crippen LogP contribution >= 0.6 is 0 Å². The van der Waals surface area contributed by atoms with E-state index in [4.69, 9.17) is 4.74 Å². The van der Waals surface area contributed by atoms with E-state index in [1.165, 1.54) is 6.20 Å². The molecule has 2 aromatic rings. The largest absolute Gasteiger partial charge is 0.488 e. The van der Waals surface area contributed by atoms with Crippen LogP contribution in [0.2, 0.25) is 0 Å². The number of aromatic nitrogens is 2. The Morgan fingerprint density at radius 2 is 2.33 bits per heavy atom. The normalized spacial score (nSPS) is 23.7. The molecule has 24 heavy (non-hydrogen) atoms. The number of amides is 1. The first-order valence-corrected chi connectivity index (χ1v) is 8.32. The number of imidazole rings is 1. The number of carbonyl (C=O) groups excluding carboxylic acids is 1. The molecule has 0 spiro atoms. The molecule has 6 nitrogen and oxygen atoms in total. The van der Waals surface area contributed by atoms with E-state index in [9.17, 15) is 9.90 Å². The lowest BCUT2D eigenvalue weighted by Gasteiger charge is -2.35. The molecule has 0 unspecified atom stereocenters. The zero-order valence-corrected chi connectivity index (χ0v) is 13.7. The first-order chi connectivity index (χ1) is 11.6. The fourth-order valence-corrected chi connectivity index (χ4v) is 3.14. The molecule has 1 aromatic carbocycles. The van der Waals surface area contributed by atoms with Gasteiger partial charge in [0, 0.05) is 24.9 Å². The Hall–Kier alpha value is -2.34. The Morgan fingerprint density at radius 1 is 1.46 bits per heavy atom. The van der Waals surface area contributed by atoms with E-state index < -0.39 is 6.10 Å². The zero-order chi connectivity index (χ0) is 16.9. The molecule has 6 heteroatoms. The van der Waals surface area contributed by atoms with Crippen molar-refractivity contribution in [2.24, 2.45) is 5.92 Å². The van der Waals surface area contributed by atoms with Gasteiger partial charge in [0.1, 0.15) is 11.9 Å². The molecule has 1 aromatic heterocycles. The van der Waals surface area contributed by atoms with Crippen molar-refractivity contribution in [1.29, 1.82) is 0 Å². The number of nitrogens with one attached hydrogen (secondary N) is 2. The van der Waals surface area contributed by atoms with Gasteiger partial charge < -0.3 is 20.1 Å². The maximum atomic E-state index is 11.9. The minimum atomic E-state index is -0.601. The first kappa shape index (κ1) is 16.5. The van der Waals surface area contributed by atoms with Crippen LogP contribution in [0.4, 0.5) is 0 Å². The standard InChI is InChI=1S/C18H23N3O3/c1-12-4-2-6-14(10-12)24-15-7-3-5-13(16(15)22)11-21-18(23)17-19-8-9-20-17/h2,4,6,8-10,13,15-16,22H,3,5,7,11H2,1H3,(H,19,20)(H,21,23)/t13-,15-,16-/m1/s1. The molecular formula is C18H23N3O3. The number of hydrogen-bond donors (Lipinski definition) is 3. The zero-order valence-electron chi connectivity index (χ0n) is 13.7. The molecule has 3 N–H and O–H groups in total. The van der Waals surface area contributed by atoms with Gasteiger partial charge in [-0.25, -0.2) is 4.98 Å². The molecular weight excluding hydrogens is 306 g/mol. The van der Waals surface area contributed by atoms with Gasteiger partial charge in [-0.3, -0.25) is 4.79 Å². The fourth-order valence-electron chi connectivity index (χ4n) is 3.14. The van der Waals surface area contributed by atoms with Crippen molar-refractivity contribution >= 4 is 5.91 Å². The second-order valence-electron chi connectivity index (χ2n) is 6.30. The van der Waals surface area contributed by atoms with E-state index >= 15 is 0 Å². The Bertz CT molecular complexity index is 672. The summed E-state index contributed by atoms with van der Waals surface area (Å²) in [7, 11) is 0. The summed E-state index contributed by atoms with van der Waals surface area (Å²) in [5, 5.41) is 13.4. The van der Waals surface area contributed by atoms with Crippen LogP contribution in [0, 0.1) is 12.8 Å². The number of aliphatic hydroxyl groups excluding tert-OH is 1. The highest BCUT2D eigenvalue weighted by molar-refractivity contribution is 5.90. The number of nitrogens with zero attached hydrogens (tertiary/aromatic N) is 1. The molecule has 0 saturated heterocycles. The predicted molar refractivity (Wildman–Crippen MR) is 89.9 cm³/mol. The third kappa shape index (κ3) is 3.94. The van der Waals surface area contributed by atoms with Crippen LogP contribution in [0.5, 0.6) is 5.75 Å².